The number of carboxylic acid groups (broad SMARTS) is 1. The lowest BCUT2D eigenvalue weighted by molar-refractivity contribution is -0.169. The predicted octanol–water partition coefficient (Wildman–Crippen LogP) is 2.41. The monoisotopic (exact) mass is 349 g/mol. The van der Waals surface area contributed by atoms with Crippen LogP contribution in [0.25, 0.3) is 0 Å². The highest BCUT2D eigenvalue weighted by molar-refractivity contribution is 6.30. The average Bonchev–Trinajstić information content (AvgIpc) is 3.12. The second kappa shape index (κ2) is 6.18. The van der Waals surface area contributed by atoms with E-state index >= 15 is 0 Å². The summed E-state index contributed by atoms with van der Waals surface area (Å²) in [6.45, 7) is 1.72. The van der Waals surface area contributed by atoms with E-state index in [2.05, 4.69) is 10.1 Å². The zero-order valence-electron chi connectivity index (χ0n) is 13.4. The molecule has 128 valence electrons. The van der Waals surface area contributed by atoms with Crippen molar-refractivity contribution in [2.75, 3.05) is 0 Å². The summed E-state index contributed by atoms with van der Waals surface area (Å²) in [6, 6.07) is 7.43. The van der Waals surface area contributed by atoms with E-state index in [0.29, 0.717) is 24.3 Å². The number of aliphatic hydroxyl groups is 1. The van der Waals surface area contributed by atoms with E-state index in [1.807, 2.05) is 12.1 Å². The second-order valence-electron chi connectivity index (χ2n) is 6.72. The summed E-state index contributed by atoms with van der Waals surface area (Å²) in [5.74, 6) is -1.17. The molecule has 1 saturated carbocycles. The fourth-order valence-corrected chi connectivity index (χ4v) is 3.83. The van der Waals surface area contributed by atoms with E-state index in [-0.39, 0.29) is 12.5 Å². The van der Waals surface area contributed by atoms with Gasteiger partial charge in [0.25, 0.3) is 0 Å². The van der Waals surface area contributed by atoms with E-state index in [4.69, 9.17) is 11.6 Å². The highest BCUT2D eigenvalue weighted by Gasteiger charge is 2.61. The van der Waals surface area contributed by atoms with Crippen LogP contribution in [0.1, 0.15) is 25.3 Å². The van der Waals surface area contributed by atoms with Crippen LogP contribution in [0, 0.1) is 11.3 Å². The Bertz CT molecular complexity index is 719. The van der Waals surface area contributed by atoms with E-state index in [9.17, 15) is 15.0 Å². The molecule has 24 heavy (non-hydrogen) atoms. The van der Waals surface area contributed by atoms with Gasteiger partial charge in [0.2, 0.25) is 0 Å². The van der Waals surface area contributed by atoms with Crippen molar-refractivity contribution < 1.29 is 15.0 Å². The number of carboxylic acids is 1. The molecule has 0 aliphatic heterocycles. The topological polar surface area (TPSA) is 88.2 Å². The highest BCUT2D eigenvalue weighted by Crippen LogP contribution is 2.52. The van der Waals surface area contributed by atoms with Crippen LogP contribution in [-0.2, 0) is 17.8 Å². The molecule has 1 heterocycles. The van der Waals surface area contributed by atoms with Crippen LogP contribution in [-0.4, -0.2) is 36.5 Å². The molecule has 0 bridgehead atoms. The Morgan fingerprint density at radius 1 is 1.42 bits per heavy atom. The first-order valence-corrected chi connectivity index (χ1v) is 8.25. The molecule has 0 unspecified atom stereocenters. The molecule has 1 aliphatic rings. The minimum atomic E-state index is -1.41. The van der Waals surface area contributed by atoms with E-state index in [1.54, 1.807) is 19.1 Å². The van der Waals surface area contributed by atoms with Crippen LogP contribution in [0.5, 0.6) is 0 Å². The fourth-order valence-electron chi connectivity index (χ4n) is 3.70. The van der Waals surface area contributed by atoms with Gasteiger partial charge in [0.05, 0.1) is 12.0 Å². The third-order valence-electron chi connectivity index (χ3n) is 5.36. The van der Waals surface area contributed by atoms with Gasteiger partial charge in [-0.1, -0.05) is 23.7 Å². The molecule has 0 saturated heterocycles. The van der Waals surface area contributed by atoms with E-state index < -0.39 is 17.0 Å². The maximum absolute atomic E-state index is 11.9. The molecule has 0 spiro atoms. The molecule has 1 aromatic carbocycles. The van der Waals surface area contributed by atoms with Gasteiger partial charge in [-0.15, -0.1) is 0 Å². The summed E-state index contributed by atoms with van der Waals surface area (Å²) in [4.78, 5) is 15.8. The lowest BCUT2D eigenvalue weighted by Crippen LogP contribution is -2.54. The molecule has 7 heteroatoms. The zero-order chi connectivity index (χ0) is 17.4. The molecule has 6 nitrogen and oxygen atoms in total. The molecule has 1 fully saturated rings. The number of benzene rings is 1. The summed E-state index contributed by atoms with van der Waals surface area (Å²) in [6.07, 6.45) is 4.52. The number of aromatic nitrogens is 3. The number of aliphatic carboxylic acids is 1. The molecule has 0 amide bonds. The number of nitrogens with zero attached hydrogens (tertiary/aromatic N) is 3. The van der Waals surface area contributed by atoms with Gasteiger partial charge in [-0.3, -0.25) is 9.48 Å². The predicted molar refractivity (Wildman–Crippen MR) is 88.6 cm³/mol. The minimum absolute atomic E-state index is 0.105. The largest absolute Gasteiger partial charge is 0.481 e. The van der Waals surface area contributed by atoms with Gasteiger partial charge in [-0.2, -0.15) is 5.10 Å². The molecule has 3 rings (SSSR count). The quantitative estimate of drug-likeness (QED) is 0.865. The second-order valence-corrected chi connectivity index (χ2v) is 7.16. The summed E-state index contributed by atoms with van der Waals surface area (Å²) >= 11 is 5.92. The summed E-state index contributed by atoms with van der Waals surface area (Å²) in [5.41, 5.74) is -1.61. The molecule has 3 atom stereocenters. The Labute approximate surface area is 145 Å². The third-order valence-corrected chi connectivity index (χ3v) is 5.61. The van der Waals surface area contributed by atoms with Crippen LogP contribution in [0.3, 0.4) is 0 Å². The lowest BCUT2D eigenvalue weighted by atomic mass is 9.71. The molecule has 2 N–H and O–H groups in total. The van der Waals surface area contributed by atoms with Crippen molar-refractivity contribution in [3.05, 3.63) is 47.5 Å². The van der Waals surface area contributed by atoms with Gasteiger partial charge in [-0.05, 0) is 49.8 Å². The van der Waals surface area contributed by atoms with Crippen LogP contribution >= 0.6 is 11.6 Å². The summed E-state index contributed by atoms with van der Waals surface area (Å²) < 4.78 is 1.50. The van der Waals surface area contributed by atoms with Gasteiger partial charge >= 0.3 is 5.97 Å². The van der Waals surface area contributed by atoms with Crippen molar-refractivity contribution in [3.63, 3.8) is 0 Å². The highest BCUT2D eigenvalue weighted by atomic mass is 35.5. The summed E-state index contributed by atoms with van der Waals surface area (Å²) in [5, 5.41) is 25.9. The number of hydrogen-bond acceptors (Lipinski definition) is 4. The molecule has 0 radical (unpaired) electrons. The smallest absolute Gasteiger partial charge is 0.312 e. The fraction of sp³-hybridized carbons (Fsp3) is 0.471. The van der Waals surface area contributed by atoms with Crippen LogP contribution < -0.4 is 0 Å². The molecule has 1 aliphatic carbocycles. The number of carbonyl (C=O) groups is 1. The van der Waals surface area contributed by atoms with Gasteiger partial charge in [-0.25, -0.2) is 4.98 Å². The van der Waals surface area contributed by atoms with Crippen LogP contribution in [0.2, 0.25) is 5.02 Å². The SMILES string of the molecule is C[C@]1(C(=O)O)CC[C@@H](Cc2ccc(Cl)cc2)[C@@]1(O)Cn1cncn1. The molecular formula is C17H20ClN3O3. The first-order valence-electron chi connectivity index (χ1n) is 7.88. The first kappa shape index (κ1) is 16.9. The Kier molecular flexibility index (Phi) is 4.36. The molecule has 1 aromatic heterocycles. The third kappa shape index (κ3) is 2.80. The average molecular weight is 350 g/mol. The first-order chi connectivity index (χ1) is 11.3. The van der Waals surface area contributed by atoms with Gasteiger partial charge in [0.1, 0.15) is 18.3 Å². The van der Waals surface area contributed by atoms with Gasteiger partial charge < -0.3 is 10.2 Å². The lowest BCUT2D eigenvalue weighted by Gasteiger charge is -2.40. The Balaban J connectivity index is 1.92. The van der Waals surface area contributed by atoms with Crippen molar-refractivity contribution >= 4 is 17.6 Å². The van der Waals surface area contributed by atoms with Crippen molar-refractivity contribution in [1.29, 1.82) is 0 Å². The number of rotatable bonds is 5. The Hall–Kier alpha value is -1.92. The maximum Gasteiger partial charge on any atom is 0.312 e. The van der Waals surface area contributed by atoms with Gasteiger partial charge in [0.15, 0.2) is 0 Å². The number of hydrogen-bond donors (Lipinski definition) is 2. The Morgan fingerprint density at radius 3 is 2.71 bits per heavy atom. The van der Waals surface area contributed by atoms with E-state index in [1.165, 1.54) is 17.3 Å². The van der Waals surface area contributed by atoms with Crippen molar-refractivity contribution in [2.45, 2.75) is 38.3 Å². The maximum atomic E-state index is 11.9. The van der Waals surface area contributed by atoms with Crippen LogP contribution in [0.15, 0.2) is 36.9 Å². The van der Waals surface area contributed by atoms with Crippen LogP contribution in [0.4, 0.5) is 0 Å². The van der Waals surface area contributed by atoms with Crippen molar-refractivity contribution in [3.8, 4) is 0 Å². The molecular weight excluding hydrogens is 330 g/mol. The zero-order valence-corrected chi connectivity index (χ0v) is 14.1. The van der Waals surface area contributed by atoms with Crippen molar-refractivity contribution in [2.24, 2.45) is 11.3 Å². The normalized spacial score (nSPS) is 29.7. The van der Waals surface area contributed by atoms with Gasteiger partial charge in [0, 0.05) is 5.02 Å². The van der Waals surface area contributed by atoms with E-state index in [0.717, 1.165) is 5.56 Å². The minimum Gasteiger partial charge on any atom is -0.481 e. The molecule has 2 aromatic rings. The van der Waals surface area contributed by atoms with Crippen molar-refractivity contribution in [1.82, 2.24) is 14.8 Å². The Morgan fingerprint density at radius 2 is 2.12 bits per heavy atom. The standard InChI is InChI=1S/C17H20ClN3O3/c1-16(15(22)23)7-6-13(8-12-2-4-14(18)5-3-12)17(16,24)9-21-11-19-10-20-21/h2-5,10-11,13,24H,6-9H2,1H3,(H,22,23)/t13-,16+,17-/m0/s1. The summed E-state index contributed by atoms with van der Waals surface area (Å²) in [7, 11) is 0. The number of halogens is 1.